The SMILES string of the molecule is COc1cn(CC(=O)Nc2ccc(NC(C)=O)cc2)c(CSc2ccccc2)cc1=O. The maximum atomic E-state index is 12.6. The highest BCUT2D eigenvalue weighted by Gasteiger charge is 2.12. The molecule has 1 heterocycles. The molecule has 0 aliphatic rings. The van der Waals surface area contributed by atoms with Gasteiger partial charge in [0.1, 0.15) is 6.54 Å². The van der Waals surface area contributed by atoms with Crippen molar-refractivity contribution in [3.05, 3.63) is 82.8 Å². The third-order valence-electron chi connectivity index (χ3n) is 4.34. The average molecular weight is 438 g/mol. The Hall–Kier alpha value is -3.52. The molecule has 160 valence electrons. The number of anilines is 2. The molecule has 0 aliphatic heterocycles. The van der Waals surface area contributed by atoms with E-state index in [1.165, 1.54) is 20.1 Å². The fourth-order valence-electron chi connectivity index (χ4n) is 2.89. The molecule has 0 saturated carbocycles. The Morgan fingerprint density at radius 3 is 2.26 bits per heavy atom. The standard InChI is InChI=1S/C23H23N3O4S/c1-16(27)24-17-8-10-18(11-9-17)25-23(29)14-26-13-22(30-2)21(28)12-19(26)15-31-20-6-4-3-5-7-20/h3-13H,14-15H2,1-2H3,(H,24,27)(H,25,29). The average Bonchev–Trinajstić information content (AvgIpc) is 2.75. The molecule has 0 radical (unpaired) electrons. The van der Waals surface area contributed by atoms with E-state index in [-0.39, 0.29) is 29.5 Å². The van der Waals surface area contributed by atoms with Crippen LogP contribution in [-0.2, 0) is 21.9 Å². The van der Waals surface area contributed by atoms with Crippen LogP contribution in [0, 0.1) is 0 Å². The van der Waals surface area contributed by atoms with Crippen LogP contribution in [0.5, 0.6) is 5.75 Å². The van der Waals surface area contributed by atoms with Crippen LogP contribution in [0.25, 0.3) is 0 Å². The number of aromatic nitrogens is 1. The van der Waals surface area contributed by atoms with Gasteiger partial charge in [-0.05, 0) is 36.4 Å². The van der Waals surface area contributed by atoms with Crippen molar-refractivity contribution in [3.8, 4) is 5.75 Å². The van der Waals surface area contributed by atoms with Crippen molar-refractivity contribution in [2.45, 2.75) is 24.1 Å². The van der Waals surface area contributed by atoms with Crippen LogP contribution in [0.2, 0.25) is 0 Å². The molecule has 7 nitrogen and oxygen atoms in total. The number of carbonyl (C=O) groups excluding carboxylic acids is 2. The number of nitrogens with one attached hydrogen (secondary N) is 2. The molecule has 2 N–H and O–H groups in total. The van der Waals surface area contributed by atoms with E-state index in [9.17, 15) is 14.4 Å². The van der Waals surface area contributed by atoms with Gasteiger partial charge in [-0.15, -0.1) is 11.8 Å². The third kappa shape index (κ3) is 6.48. The van der Waals surface area contributed by atoms with Gasteiger partial charge in [0.15, 0.2) is 5.75 Å². The first kappa shape index (κ1) is 22.2. The molecule has 0 saturated heterocycles. The van der Waals surface area contributed by atoms with Crippen LogP contribution in [0.3, 0.4) is 0 Å². The number of thioether (sulfide) groups is 1. The summed E-state index contributed by atoms with van der Waals surface area (Å²) in [6.07, 6.45) is 1.56. The maximum absolute atomic E-state index is 12.6. The van der Waals surface area contributed by atoms with Crippen molar-refractivity contribution in [1.29, 1.82) is 0 Å². The van der Waals surface area contributed by atoms with Crippen LogP contribution in [0.15, 0.2) is 76.6 Å². The second-order valence-corrected chi connectivity index (χ2v) is 7.78. The second kappa shape index (κ2) is 10.5. The van der Waals surface area contributed by atoms with E-state index in [4.69, 9.17) is 4.74 Å². The number of nitrogens with zero attached hydrogens (tertiary/aromatic N) is 1. The van der Waals surface area contributed by atoms with Gasteiger partial charge in [-0.25, -0.2) is 0 Å². The summed E-state index contributed by atoms with van der Waals surface area (Å²) in [6.45, 7) is 1.46. The summed E-state index contributed by atoms with van der Waals surface area (Å²) in [5.74, 6) is 0.303. The molecular formula is C23H23N3O4S. The summed E-state index contributed by atoms with van der Waals surface area (Å²) in [5, 5.41) is 5.50. The number of pyridine rings is 1. The normalized spacial score (nSPS) is 10.4. The van der Waals surface area contributed by atoms with E-state index < -0.39 is 0 Å². The number of carbonyl (C=O) groups is 2. The van der Waals surface area contributed by atoms with E-state index in [1.54, 1.807) is 46.8 Å². The van der Waals surface area contributed by atoms with Crippen molar-refractivity contribution < 1.29 is 14.3 Å². The number of hydrogen-bond acceptors (Lipinski definition) is 5. The van der Waals surface area contributed by atoms with Crippen LogP contribution in [0.4, 0.5) is 11.4 Å². The number of rotatable bonds is 8. The zero-order valence-corrected chi connectivity index (χ0v) is 18.1. The minimum Gasteiger partial charge on any atom is -0.491 e. The third-order valence-corrected chi connectivity index (χ3v) is 5.38. The lowest BCUT2D eigenvalue weighted by atomic mass is 10.2. The first-order chi connectivity index (χ1) is 14.9. The molecule has 0 atom stereocenters. The zero-order valence-electron chi connectivity index (χ0n) is 17.3. The molecule has 8 heteroatoms. The maximum Gasteiger partial charge on any atom is 0.244 e. The van der Waals surface area contributed by atoms with Crippen LogP contribution in [-0.4, -0.2) is 23.5 Å². The van der Waals surface area contributed by atoms with Crippen molar-refractivity contribution >= 4 is 35.0 Å². The van der Waals surface area contributed by atoms with E-state index in [1.807, 2.05) is 30.3 Å². The summed E-state index contributed by atoms with van der Waals surface area (Å²) in [4.78, 5) is 37.1. The number of benzene rings is 2. The Morgan fingerprint density at radius 2 is 1.65 bits per heavy atom. The molecule has 3 aromatic rings. The first-order valence-corrected chi connectivity index (χ1v) is 10.6. The van der Waals surface area contributed by atoms with Gasteiger partial charge in [0.2, 0.25) is 17.2 Å². The van der Waals surface area contributed by atoms with E-state index in [0.29, 0.717) is 17.1 Å². The largest absolute Gasteiger partial charge is 0.491 e. The minimum absolute atomic E-state index is 0.0226. The number of hydrogen-bond donors (Lipinski definition) is 2. The van der Waals surface area contributed by atoms with Gasteiger partial charge in [-0.2, -0.15) is 0 Å². The second-order valence-electron chi connectivity index (χ2n) is 6.73. The van der Waals surface area contributed by atoms with Crippen molar-refractivity contribution in [2.24, 2.45) is 0 Å². The monoisotopic (exact) mass is 437 g/mol. The number of ether oxygens (including phenoxy) is 1. The molecule has 0 unspecified atom stereocenters. The predicted molar refractivity (Wildman–Crippen MR) is 123 cm³/mol. The van der Waals surface area contributed by atoms with Gasteiger partial charge in [-0.3, -0.25) is 14.4 Å². The summed E-state index contributed by atoms with van der Waals surface area (Å²) in [7, 11) is 1.43. The summed E-state index contributed by atoms with van der Waals surface area (Å²) >= 11 is 1.58. The Bertz CT molecular complexity index is 1110. The highest BCUT2D eigenvalue weighted by atomic mass is 32.2. The van der Waals surface area contributed by atoms with Crippen LogP contribution in [0.1, 0.15) is 12.6 Å². The number of methoxy groups -OCH3 is 1. The molecule has 1 aromatic heterocycles. The number of amides is 2. The van der Waals surface area contributed by atoms with Crippen LogP contribution < -0.4 is 20.8 Å². The quantitative estimate of drug-likeness (QED) is 0.524. The fourth-order valence-corrected chi connectivity index (χ4v) is 3.80. The summed E-state index contributed by atoms with van der Waals surface area (Å²) in [5.41, 5.74) is 1.75. The zero-order chi connectivity index (χ0) is 22.2. The molecule has 0 aliphatic carbocycles. The lowest BCUT2D eigenvalue weighted by Gasteiger charge is -2.15. The van der Waals surface area contributed by atoms with Crippen molar-refractivity contribution in [1.82, 2.24) is 4.57 Å². The molecule has 2 amide bonds. The molecular weight excluding hydrogens is 414 g/mol. The summed E-state index contributed by atoms with van der Waals surface area (Å²) < 4.78 is 6.86. The van der Waals surface area contributed by atoms with Gasteiger partial charge in [0.25, 0.3) is 0 Å². The Kier molecular flexibility index (Phi) is 7.50. The topological polar surface area (TPSA) is 89.4 Å². The van der Waals surface area contributed by atoms with Gasteiger partial charge in [0, 0.05) is 40.7 Å². The van der Waals surface area contributed by atoms with E-state index in [2.05, 4.69) is 10.6 Å². The highest BCUT2D eigenvalue weighted by Crippen LogP contribution is 2.22. The van der Waals surface area contributed by atoms with Crippen molar-refractivity contribution in [3.63, 3.8) is 0 Å². The minimum atomic E-state index is -0.246. The summed E-state index contributed by atoms with van der Waals surface area (Å²) in [6, 6.07) is 18.2. The lowest BCUT2D eigenvalue weighted by molar-refractivity contribution is -0.117. The van der Waals surface area contributed by atoms with Gasteiger partial charge in [0.05, 0.1) is 13.3 Å². The Labute approximate surface area is 184 Å². The van der Waals surface area contributed by atoms with Gasteiger partial charge >= 0.3 is 0 Å². The Balaban J connectivity index is 1.73. The lowest BCUT2D eigenvalue weighted by Crippen LogP contribution is -2.22. The molecule has 0 bridgehead atoms. The Morgan fingerprint density at radius 1 is 1.00 bits per heavy atom. The highest BCUT2D eigenvalue weighted by molar-refractivity contribution is 7.98. The molecule has 0 spiro atoms. The molecule has 3 rings (SSSR count). The van der Waals surface area contributed by atoms with Crippen molar-refractivity contribution in [2.75, 3.05) is 17.7 Å². The first-order valence-electron chi connectivity index (χ1n) is 9.57. The van der Waals surface area contributed by atoms with E-state index in [0.717, 1.165) is 10.6 Å². The fraction of sp³-hybridized carbons (Fsp3) is 0.174. The molecule has 2 aromatic carbocycles. The predicted octanol–water partition coefficient (Wildman–Crippen LogP) is 3.75. The molecule has 31 heavy (non-hydrogen) atoms. The van der Waals surface area contributed by atoms with Gasteiger partial charge < -0.3 is 19.9 Å². The van der Waals surface area contributed by atoms with Crippen LogP contribution >= 0.6 is 11.8 Å². The smallest absolute Gasteiger partial charge is 0.244 e. The van der Waals surface area contributed by atoms with Gasteiger partial charge in [-0.1, -0.05) is 18.2 Å². The van der Waals surface area contributed by atoms with E-state index >= 15 is 0 Å². The molecule has 0 fully saturated rings.